The third kappa shape index (κ3) is 4.90. The Balaban J connectivity index is 2.06. The van der Waals surface area contributed by atoms with Gasteiger partial charge in [-0.25, -0.2) is 17.9 Å². The second kappa shape index (κ2) is 7.59. The molecule has 1 unspecified atom stereocenters. The van der Waals surface area contributed by atoms with Gasteiger partial charge in [-0.3, -0.25) is 4.79 Å². The Morgan fingerprint density at radius 3 is 2.42 bits per heavy atom. The molecular weight excluding hydrogens is 332 g/mol. The second-order valence-corrected chi connectivity index (χ2v) is 7.30. The number of carbonyl (C=O) groups excluding carboxylic acids is 1. The van der Waals surface area contributed by atoms with Gasteiger partial charge < -0.3 is 10.4 Å². The maximum Gasteiger partial charge on any atom is 0.326 e. The normalized spacial score (nSPS) is 16.0. The number of hydrogen-bond donors (Lipinski definition) is 3. The maximum atomic E-state index is 12.1. The molecule has 2 rings (SSSR count). The van der Waals surface area contributed by atoms with Crippen molar-refractivity contribution in [2.75, 3.05) is 0 Å². The number of amides is 1. The highest BCUT2D eigenvalue weighted by Gasteiger charge is 2.28. The summed E-state index contributed by atoms with van der Waals surface area (Å²) < 4.78 is 26.7. The van der Waals surface area contributed by atoms with Gasteiger partial charge >= 0.3 is 5.97 Å². The summed E-state index contributed by atoms with van der Waals surface area (Å²) in [4.78, 5) is 23.3. The quantitative estimate of drug-likeness (QED) is 0.610. The Morgan fingerprint density at radius 2 is 1.92 bits per heavy atom. The Bertz CT molecular complexity index is 736. The topological polar surface area (TPSA) is 113 Å². The summed E-state index contributed by atoms with van der Waals surface area (Å²) in [5.74, 6) is -1.69. The average Bonchev–Trinajstić information content (AvgIpc) is 3.34. The number of carboxylic acids is 1. The van der Waals surface area contributed by atoms with Crippen LogP contribution in [0.15, 0.2) is 41.3 Å². The summed E-state index contributed by atoms with van der Waals surface area (Å²) in [6.07, 6.45) is 5.20. The number of carbonyl (C=O) groups is 2. The number of hydrogen-bond acceptors (Lipinski definition) is 4. The molecule has 0 aromatic heterocycles. The first kappa shape index (κ1) is 18.2. The first-order valence-corrected chi connectivity index (χ1v) is 9.09. The minimum absolute atomic E-state index is 0.000852. The van der Waals surface area contributed by atoms with E-state index in [4.69, 9.17) is 5.11 Å². The van der Waals surface area contributed by atoms with E-state index in [0.29, 0.717) is 0 Å². The number of carboxylic acid groups (broad SMARTS) is 1. The standard InChI is InChI=1S/C16H20N2O5S/c1-2-3-4-14(16(20)21)17-15(19)11-5-9-13(10-6-11)24(22,23)18-12-7-8-12/h2-3,5-6,9-10,12,14,18H,4,7-8H2,1H3,(H,17,19)(H,20,21)/b3-2+. The molecule has 1 saturated carbocycles. The molecule has 24 heavy (non-hydrogen) atoms. The lowest BCUT2D eigenvalue weighted by Crippen LogP contribution is -2.40. The van der Waals surface area contributed by atoms with Crippen molar-refractivity contribution in [2.24, 2.45) is 0 Å². The van der Waals surface area contributed by atoms with Gasteiger partial charge in [0.1, 0.15) is 6.04 Å². The first-order chi connectivity index (χ1) is 11.3. The van der Waals surface area contributed by atoms with E-state index in [1.165, 1.54) is 24.3 Å². The molecule has 0 bridgehead atoms. The van der Waals surface area contributed by atoms with Gasteiger partial charge in [0.05, 0.1) is 4.90 Å². The van der Waals surface area contributed by atoms with E-state index in [-0.39, 0.29) is 22.9 Å². The lowest BCUT2D eigenvalue weighted by Gasteiger charge is -2.13. The number of allylic oxidation sites excluding steroid dienone is 1. The van der Waals surface area contributed by atoms with Gasteiger partial charge in [-0.2, -0.15) is 0 Å². The van der Waals surface area contributed by atoms with Gasteiger partial charge in [0.15, 0.2) is 0 Å². The minimum Gasteiger partial charge on any atom is -0.480 e. The number of sulfonamides is 1. The van der Waals surface area contributed by atoms with E-state index in [1.54, 1.807) is 19.1 Å². The van der Waals surface area contributed by atoms with E-state index < -0.39 is 27.9 Å². The molecule has 1 atom stereocenters. The molecule has 0 spiro atoms. The molecule has 1 aliphatic rings. The summed E-state index contributed by atoms with van der Waals surface area (Å²) in [5.41, 5.74) is 0.201. The highest BCUT2D eigenvalue weighted by Crippen LogP contribution is 2.22. The van der Waals surface area contributed by atoms with Crippen molar-refractivity contribution >= 4 is 21.9 Å². The SMILES string of the molecule is C/C=C/CC(NC(=O)c1ccc(S(=O)(=O)NC2CC2)cc1)C(=O)O. The van der Waals surface area contributed by atoms with E-state index in [9.17, 15) is 18.0 Å². The monoisotopic (exact) mass is 352 g/mol. The lowest BCUT2D eigenvalue weighted by molar-refractivity contribution is -0.139. The van der Waals surface area contributed by atoms with Gasteiger partial charge in [0.25, 0.3) is 5.91 Å². The van der Waals surface area contributed by atoms with Gasteiger partial charge in [-0.1, -0.05) is 12.2 Å². The van der Waals surface area contributed by atoms with E-state index in [1.807, 2.05) is 0 Å². The van der Waals surface area contributed by atoms with Gasteiger partial charge in [0.2, 0.25) is 10.0 Å². The molecule has 7 nitrogen and oxygen atoms in total. The summed E-state index contributed by atoms with van der Waals surface area (Å²) in [7, 11) is -3.57. The van der Waals surface area contributed by atoms with Crippen molar-refractivity contribution in [1.29, 1.82) is 0 Å². The third-order valence-electron chi connectivity index (χ3n) is 3.54. The number of rotatable bonds is 8. The lowest BCUT2D eigenvalue weighted by atomic mass is 10.1. The van der Waals surface area contributed by atoms with Crippen molar-refractivity contribution in [2.45, 2.75) is 43.2 Å². The van der Waals surface area contributed by atoms with Crippen LogP contribution in [0.1, 0.15) is 36.5 Å². The molecule has 1 aliphatic carbocycles. The number of benzene rings is 1. The van der Waals surface area contributed by atoms with Gasteiger partial charge in [-0.05, 0) is 50.5 Å². The maximum absolute atomic E-state index is 12.1. The Labute approximate surface area is 140 Å². The fraction of sp³-hybridized carbons (Fsp3) is 0.375. The predicted molar refractivity (Wildman–Crippen MR) is 88.1 cm³/mol. The molecule has 0 aliphatic heterocycles. The fourth-order valence-electron chi connectivity index (χ4n) is 2.01. The van der Waals surface area contributed by atoms with Gasteiger partial charge in [0, 0.05) is 11.6 Å². The molecule has 1 amide bonds. The Kier molecular flexibility index (Phi) is 5.74. The molecule has 8 heteroatoms. The molecule has 130 valence electrons. The van der Waals surface area contributed by atoms with E-state index >= 15 is 0 Å². The molecule has 0 heterocycles. The molecule has 0 saturated heterocycles. The zero-order chi connectivity index (χ0) is 17.7. The Morgan fingerprint density at radius 1 is 1.29 bits per heavy atom. The van der Waals surface area contributed by atoms with Crippen molar-refractivity contribution in [3.8, 4) is 0 Å². The van der Waals surface area contributed by atoms with Crippen molar-refractivity contribution in [1.82, 2.24) is 10.0 Å². The van der Waals surface area contributed by atoms with Crippen LogP contribution < -0.4 is 10.0 Å². The zero-order valence-corrected chi connectivity index (χ0v) is 14.0. The molecule has 1 aromatic carbocycles. The smallest absolute Gasteiger partial charge is 0.326 e. The summed E-state index contributed by atoms with van der Waals surface area (Å²) in [6.45, 7) is 1.76. The van der Waals surface area contributed by atoms with Crippen molar-refractivity contribution < 1.29 is 23.1 Å². The van der Waals surface area contributed by atoms with Crippen LogP contribution in [-0.4, -0.2) is 37.5 Å². The summed E-state index contributed by atoms with van der Waals surface area (Å²) in [6, 6.07) is 4.37. The number of aliphatic carboxylic acids is 1. The van der Waals surface area contributed by atoms with Crippen LogP contribution in [0, 0.1) is 0 Å². The Hall–Kier alpha value is -2.19. The van der Waals surface area contributed by atoms with Crippen LogP contribution in [0.25, 0.3) is 0 Å². The highest BCUT2D eigenvalue weighted by atomic mass is 32.2. The van der Waals surface area contributed by atoms with Crippen LogP contribution in [0.2, 0.25) is 0 Å². The molecule has 1 aromatic rings. The molecule has 3 N–H and O–H groups in total. The number of nitrogens with one attached hydrogen (secondary N) is 2. The summed E-state index contributed by atoms with van der Waals surface area (Å²) in [5, 5.41) is 11.5. The van der Waals surface area contributed by atoms with Crippen LogP contribution in [-0.2, 0) is 14.8 Å². The zero-order valence-electron chi connectivity index (χ0n) is 13.2. The average molecular weight is 352 g/mol. The van der Waals surface area contributed by atoms with Crippen LogP contribution in [0.4, 0.5) is 0 Å². The van der Waals surface area contributed by atoms with E-state index in [2.05, 4.69) is 10.0 Å². The van der Waals surface area contributed by atoms with Gasteiger partial charge in [-0.15, -0.1) is 0 Å². The fourth-order valence-corrected chi connectivity index (χ4v) is 3.31. The van der Waals surface area contributed by atoms with Crippen LogP contribution >= 0.6 is 0 Å². The van der Waals surface area contributed by atoms with E-state index in [0.717, 1.165) is 12.8 Å². The minimum atomic E-state index is -3.57. The highest BCUT2D eigenvalue weighted by molar-refractivity contribution is 7.89. The predicted octanol–water partition coefficient (Wildman–Crippen LogP) is 1.28. The van der Waals surface area contributed by atoms with Crippen molar-refractivity contribution in [3.05, 3.63) is 42.0 Å². The third-order valence-corrected chi connectivity index (χ3v) is 5.07. The summed E-state index contributed by atoms with van der Waals surface area (Å²) >= 11 is 0. The molecule has 0 radical (unpaired) electrons. The van der Waals surface area contributed by atoms with Crippen LogP contribution in [0.3, 0.4) is 0 Å². The molecular formula is C16H20N2O5S. The molecule has 1 fully saturated rings. The first-order valence-electron chi connectivity index (χ1n) is 7.60. The van der Waals surface area contributed by atoms with Crippen LogP contribution in [0.5, 0.6) is 0 Å². The van der Waals surface area contributed by atoms with Crippen molar-refractivity contribution in [3.63, 3.8) is 0 Å². The largest absolute Gasteiger partial charge is 0.480 e. The second-order valence-electron chi connectivity index (χ2n) is 5.59.